The van der Waals surface area contributed by atoms with Gasteiger partial charge in [-0.05, 0) is 61.1 Å². The van der Waals surface area contributed by atoms with Crippen molar-refractivity contribution in [2.45, 2.75) is 38.5 Å². The molecule has 5 heteroatoms. The summed E-state index contributed by atoms with van der Waals surface area (Å²) in [5, 5.41) is 10.4. The molecule has 0 atom stereocenters. The van der Waals surface area contributed by atoms with E-state index >= 15 is 0 Å². The number of hydrogen-bond acceptors (Lipinski definition) is 4. The minimum absolute atomic E-state index is 0.206. The number of thiophene rings is 1. The molecule has 1 fully saturated rings. The third-order valence-corrected chi connectivity index (χ3v) is 6.40. The highest BCUT2D eigenvalue weighted by molar-refractivity contribution is 7.21. The number of fused-ring (bicyclic) bond motifs is 1. The van der Waals surface area contributed by atoms with E-state index in [2.05, 4.69) is 12.1 Å². The van der Waals surface area contributed by atoms with Gasteiger partial charge >= 0.3 is 5.97 Å². The molecule has 0 unspecified atom stereocenters. The van der Waals surface area contributed by atoms with Gasteiger partial charge in [-0.25, -0.2) is 4.79 Å². The van der Waals surface area contributed by atoms with Crippen LogP contribution in [0.25, 0.3) is 10.1 Å². The van der Waals surface area contributed by atoms with Gasteiger partial charge in [0.1, 0.15) is 11.5 Å². The summed E-state index contributed by atoms with van der Waals surface area (Å²) in [6.45, 7) is 1.95. The Balaban J connectivity index is 1.71. The molecular weight excluding hydrogens is 360 g/mol. The number of carbonyl (C=O) groups is 1. The predicted molar refractivity (Wildman–Crippen MR) is 108 cm³/mol. The molecule has 1 heterocycles. The first-order valence-electron chi connectivity index (χ1n) is 9.19. The molecule has 0 saturated heterocycles. The predicted octanol–water partition coefficient (Wildman–Crippen LogP) is 6.37. The van der Waals surface area contributed by atoms with Gasteiger partial charge in [-0.15, -0.1) is 11.3 Å². The van der Waals surface area contributed by atoms with Crippen molar-refractivity contribution >= 4 is 27.4 Å². The molecule has 0 amide bonds. The molecule has 4 nitrogen and oxygen atoms in total. The molecule has 1 aliphatic rings. The second-order valence-corrected chi connectivity index (χ2v) is 8.09. The van der Waals surface area contributed by atoms with E-state index in [0.29, 0.717) is 17.4 Å². The van der Waals surface area contributed by atoms with Crippen molar-refractivity contribution in [1.82, 2.24) is 0 Å². The van der Waals surface area contributed by atoms with Crippen molar-refractivity contribution in [3.05, 3.63) is 52.4 Å². The average Bonchev–Trinajstić information content (AvgIpc) is 3.30. The number of carboxylic acid groups (broad SMARTS) is 1. The SMILES string of the molecule is COc1cc2c(Oc3ccc(C4CCCC4)cc3)c(C(=O)O)sc2cc1C. The van der Waals surface area contributed by atoms with Gasteiger partial charge in [-0.2, -0.15) is 0 Å². The molecule has 1 aromatic heterocycles. The Hall–Kier alpha value is -2.53. The molecule has 0 aliphatic heterocycles. The fourth-order valence-electron chi connectivity index (χ4n) is 3.85. The first-order valence-corrected chi connectivity index (χ1v) is 10.0. The van der Waals surface area contributed by atoms with Crippen molar-refractivity contribution in [2.24, 2.45) is 0 Å². The Morgan fingerprint density at radius 3 is 2.48 bits per heavy atom. The van der Waals surface area contributed by atoms with Crippen LogP contribution in [-0.2, 0) is 0 Å². The fraction of sp³-hybridized carbons (Fsp3) is 0.318. The number of methoxy groups -OCH3 is 1. The molecule has 0 radical (unpaired) electrons. The van der Waals surface area contributed by atoms with E-state index in [-0.39, 0.29) is 4.88 Å². The van der Waals surface area contributed by atoms with Gasteiger partial charge in [0.2, 0.25) is 0 Å². The van der Waals surface area contributed by atoms with Gasteiger partial charge in [-0.1, -0.05) is 25.0 Å². The van der Waals surface area contributed by atoms with Gasteiger partial charge in [0.05, 0.1) is 7.11 Å². The quantitative estimate of drug-likeness (QED) is 0.557. The fourth-order valence-corrected chi connectivity index (χ4v) is 4.90. The lowest BCUT2D eigenvalue weighted by atomic mass is 9.98. The van der Waals surface area contributed by atoms with Crippen LogP contribution in [0, 0.1) is 6.92 Å². The van der Waals surface area contributed by atoms with Crippen molar-refractivity contribution < 1.29 is 19.4 Å². The monoisotopic (exact) mass is 382 g/mol. The average molecular weight is 382 g/mol. The largest absolute Gasteiger partial charge is 0.496 e. The van der Waals surface area contributed by atoms with E-state index in [1.165, 1.54) is 42.6 Å². The van der Waals surface area contributed by atoms with Crippen molar-refractivity contribution in [1.29, 1.82) is 0 Å². The Bertz CT molecular complexity index is 982. The number of carboxylic acids is 1. The molecule has 1 N–H and O–H groups in total. The van der Waals surface area contributed by atoms with E-state index in [0.717, 1.165) is 21.4 Å². The van der Waals surface area contributed by atoms with Crippen LogP contribution in [0.3, 0.4) is 0 Å². The molecule has 4 rings (SSSR count). The van der Waals surface area contributed by atoms with Gasteiger partial charge in [-0.3, -0.25) is 0 Å². The van der Waals surface area contributed by atoms with Crippen LogP contribution in [0.4, 0.5) is 0 Å². The van der Waals surface area contributed by atoms with E-state index in [9.17, 15) is 9.90 Å². The van der Waals surface area contributed by atoms with E-state index in [1.807, 2.05) is 31.2 Å². The molecule has 1 aliphatic carbocycles. The minimum atomic E-state index is -0.981. The van der Waals surface area contributed by atoms with E-state index < -0.39 is 5.97 Å². The second-order valence-electron chi connectivity index (χ2n) is 7.04. The van der Waals surface area contributed by atoms with Gasteiger partial charge < -0.3 is 14.6 Å². The summed E-state index contributed by atoms with van der Waals surface area (Å²) in [4.78, 5) is 12.0. The van der Waals surface area contributed by atoms with E-state index in [4.69, 9.17) is 9.47 Å². The standard InChI is InChI=1S/C22H22O4S/c1-13-11-19-17(12-18(13)25-2)20(21(27-19)22(23)24)26-16-9-7-15(8-10-16)14-5-3-4-6-14/h7-12,14H,3-6H2,1-2H3,(H,23,24). The highest BCUT2D eigenvalue weighted by Crippen LogP contribution is 2.43. The normalized spacial score (nSPS) is 14.6. The first-order chi connectivity index (χ1) is 13.1. The number of rotatable bonds is 5. The molecule has 27 heavy (non-hydrogen) atoms. The number of benzene rings is 2. The third-order valence-electron chi connectivity index (χ3n) is 5.28. The number of hydrogen-bond donors (Lipinski definition) is 1. The first kappa shape index (κ1) is 17.9. The number of ether oxygens (including phenoxy) is 2. The Morgan fingerprint density at radius 2 is 1.85 bits per heavy atom. The summed E-state index contributed by atoms with van der Waals surface area (Å²) >= 11 is 1.23. The lowest BCUT2D eigenvalue weighted by Crippen LogP contribution is -1.96. The lowest BCUT2D eigenvalue weighted by molar-refractivity contribution is 0.0700. The number of aryl methyl sites for hydroxylation is 1. The maximum atomic E-state index is 11.7. The van der Waals surface area contributed by atoms with Gasteiger partial charge in [0.15, 0.2) is 10.6 Å². The topological polar surface area (TPSA) is 55.8 Å². The molecule has 0 bridgehead atoms. The second kappa shape index (κ2) is 7.24. The van der Waals surface area contributed by atoms with Crippen LogP contribution in [0.5, 0.6) is 17.2 Å². The van der Waals surface area contributed by atoms with Crippen molar-refractivity contribution in [3.8, 4) is 17.2 Å². The molecule has 0 spiro atoms. The smallest absolute Gasteiger partial charge is 0.349 e. The maximum absolute atomic E-state index is 11.7. The summed E-state index contributed by atoms with van der Waals surface area (Å²) in [5.74, 6) is 1.42. The van der Waals surface area contributed by atoms with Gasteiger partial charge in [0.25, 0.3) is 0 Å². The van der Waals surface area contributed by atoms with Crippen LogP contribution in [-0.4, -0.2) is 18.2 Å². The molecule has 1 saturated carbocycles. The van der Waals surface area contributed by atoms with Crippen molar-refractivity contribution in [3.63, 3.8) is 0 Å². The van der Waals surface area contributed by atoms with E-state index in [1.54, 1.807) is 7.11 Å². The van der Waals surface area contributed by atoms with Crippen LogP contribution in [0.1, 0.15) is 52.4 Å². The van der Waals surface area contributed by atoms with Crippen molar-refractivity contribution in [2.75, 3.05) is 7.11 Å². The van der Waals surface area contributed by atoms with Crippen LogP contribution in [0.2, 0.25) is 0 Å². The third kappa shape index (κ3) is 3.39. The summed E-state index contributed by atoms with van der Waals surface area (Å²) in [7, 11) is 1.61. The Morgan fingerprint density at radius 1 is 1.15 bits per heavy atom. The summed E-state index contributed by atoms with van der Waals surface area (Å²) in [6.07, 6.45) is 5.09. The Labute approximate surface area is 162 Å². The highest BCUT2D eigenvalue weighted by atomic mass is 32.1. The van der Waals surface area contributed by atoms with Crippen LogP contribution >= 0.6 is 11.3 Å². The zero-order valence-electron chi connectivity index (χ0n) is 15.5. The molecule has 140 valence electrons. The highest BCUT2D eigenvalue weighted by Gasteiger charge is 2.22. The minimum Gasteiger partial charge on any atom is -0.496 e. The van der Waals surface area contributed by atoms with Crippen LogP contribution < -0.4 is 9.47 Å². The molecular formula is C22H22O4S. The summed E-state index contributed by atoms with van der Waals surface area (Å²) in [6, 6.07) is 11.9. The number of aromatic carboxylic acids is 1. The van der Waals surface area contributed by atoms with Gasteiger partial charge in [0, 0.05) is 10.1 Å². The lowest BCUT2D eigenvalue weighted by Gasteiger charge is -2.11. The summed E-state index contributed by atoms with van der Waals surface area (Å²) in [5.41, 5.74) is 2.31. The zero-order valence-corrected chi connectivity index (χ0v) is 16.3. The molecule has 2 aromatic carbocycles. The van der Waals surface area contributed by atoms with Crippen LogP contribution in [0.15, 0.2) is 36.4 Å². The maximum Gasteiger partial charge on any atom is 0.349 e. The Kier molecular flexibility index (Phi) is 4.79. The zero-order chi connectivity index (χ0) is 19.0. The molecule has 3 aromatic rings. The summed E-state index contributed by atoms with van der Waals surface area (Å²) < 4.78 is 12.3.